The van der Waals surface area contributed by atoms with E-state index in [0.717, 1.165) is 30.8 Å². The zero-order chi connectivity index (χ0) is 25.0. The molecule has 0 saturated carbocycles. The molecule has 1 aliphatic carbocycles. The monoisotopic (exact) mass is 484 g/mol. The number of nitrogens with two attached hydrogens (primary N) is 1. The third kappa shape index (κ3) is 5.53. The number of guanidine groups is 1. The van der Waals surface area contributed by atoms with Crippen LogP contribution < -0.4 is 11.1 Å². The topological polar surface area (TPSA) is 122 Å². The fourth-order valence-corrected chi connectivity index (χ4v) is 3.88. The summed E-state index contributed by atoms with van der Waals surface area (Å²) in [5.41, 5.74) is 6.89. The summed E-state index contributed by atoms with van der Waals surface area (Å²) in [5, 5.41) is 2.79. The molecule has 0 aliphatic heterocycles. The van der Waals surface area contributed by atoms with Gasteiger partial charge in [0.2, 0.25) is 0 Å². The van der Waals surface area contributed by atoms with Crippen LogP contribution in [0.25, 0.3) is 0 Å². The van der Waals surface area contributed by atoms with Gasteiger partial charge in [-0.1, -0.05) is 0 Å². The predicted molar refractivity (Wildman–Crippen MR) is 122 cm³/mol. The number of hydrogen-bond donors (Lipinski definition) is 2. The summed E-state index contributed by atoms with van der Waals surface area (Å²) in [5.74, 6) is 0.227. The number of anilines is 1. The number of aliphatic imine (C=N–C) groups is 1. The molecule has 1 amide bonds. The van der Waals surface area contributed by atoms with E-state index < -0.39 is 17.8 Å². The number of alkyl halides is 3. The van der Waals surface area contributed by atoms with Crippen molar-refractivity contribution in [3.05, 3.63) is 77.3 Å². The number of rotatable bonds is 5. The lowest BCUT2D eigenvalue weighted by Gasteiger charge is -2.34. The van der Waals surface area contributed by atoms with E-state index in [0.29, 0.717) is 29.2 Å². The lowest BCUT2D eigenvalue weighted by Crippen LogP contribution is -2.37. The summed E-state index contributed by atoms with van der Waals surface area (Å²) in [6.07, 6.45) is 3.01. The average molecular weight is 484 g/mol. The molecule has 9 nitrogen and oxygen atoms in total. The van der Waals surface area contributed by atoms with Crippen LogP contribution in [0.1, 0.15) is 51.9 Å². The summed E-state index contributed by atoms with van der Waals surface area (Å²) in [4.78, 5) is 36.0. The second kappa shape index (κ2) is 10.0. The fraction of sp³-hybridized carbons (Fsp3) is 0.304. The maximum absolute atomic E-state index is 13.6. The first-order chi connectivity index (χ1) is 16.8. The molecular formula is C23H23F3N8O. The normalized spacial score (nSPS) is 15.9. The molecule has 4 rings (SSSR count). The number of aryl methyl sites for hydroxylation is 1. The van der Waals surface area contributed by atoms with E-state index in [1.54, 1.807) is 29.4 Å². The molecule has 0 bridgehead atoms. The Morgan fingerprint density at radius 1 is 1.14 bits per heavy atom. The summed E-state index contributed by atoms with van der Waals surface area (Å²) >= 11 is 0. The smallest absolute Gasteiger partial charge is 0.370 e. The van der Waals surface area contributed by atoms with Crippen LogP contribution in [-0.2, 0) is 19.1 Å². The minimum atomic E-state index is -4.49. The van der Waals surface area contributed by atoms with Crippen molar-refractivity contribution in [2.24, 2.45) is 10.7 Å². The third-order valence-corrected chi connectivity index (χ3v) is 5.64. The fourth-order valence-electron chi connectivity index (χ4n) is 3.88. The van der Waals surface area contributed by atoms with Gasteiger partial charge < -0.3 is 16.0 Å². The Morgan fingerprint density at radius 2 is 1.94 bits per heavy atom. The molecule has 3 N–H and O–H groups in total. The number of aromatic nitrogens is 4. The molecule has 0 radical (unpaired) electrons. The highest BCUT2D eigenvalue weighted by atomic mass is 19.4. The van der Waals surface area contributed by atoms with Crippen LogP contribution in [-0.4, -0.2) is 43.8 Å². The van der Waals surface area contributed by atoms with E-state index >= 15 is 0 Å². The van der Waals surface area contributed by atoms with Gasteiger partial charge in [-0.25, -0.2) is 4.98 Å². The number of carbonyl (C=O) groups excluding carboxylic acids is 1. The Bertz CT molecular complexity index is 1210. The summed E-state index contributed by atoms with van der Waals surface area (Å²) in [6.45, 7) is -0.00685. The molecule has 35 heavy (non-hydrogen) atoms. The molecule has 0 aromatic carbocycles. The number of nitrogens with zero attached hydrogens (tertiary/aromatic N) is 6. The second-order valence-corrected chi connectivity index (χ2v) is 7.93. The van der Waals surface area contributed by atoms with Gasteiger partial charge in [-0.05, 0) is 43.5 Å². The number of nitrogens with one attached hydrogen (secondary N) is 1. The maximum atomic E-state index is 13.6. The van der Waals surface area contributed by atoms with E-state index in [9.17, 15) is 18.0 Å². The van der Waals surface area contributed by atoms with Gasteiger partial charge in [0.25, 0.3) is 5.91 Å². The van der Waals surface area contributed by atoms with E-state index in [1.807, 2.05) is 0 Å². The minimum absolute atomic E-state index is 0.00685. The first-order valence-corrected chi connectivity index (χ1v) is 10.8. The molecule has 1 atom stereocenters. The summed E-state index contributed by atoms with van der Waals surface area (Å²) in [7, 11) is 1.53. The van der Waals surface area contributed by atoms with Gasteiger partial charge in [0.05, 0.1) is 40.8 Å². The van der Waals surface area contributed by atoms with E-state index in [1.165, 1.54) is 19.3 Å². The highest BCUT2D eigenvalue weighted by Gasteiger charge is 2.33. The van der Waals surface area contributed by atoms with Crippen molar-refractivity contribution in [2.45, 2.75) is 38.0 Å². The largest absolute Gasteiger partial charge is 0.417 e. The number of hydrogen-bond acceptors (Lipinski definition) is 6. The third-order valence-electron chi connectivity index (χ3n) is 5.64. The Balaban J connectivity index is 1.66. The molecule has 182 valence electrons. The zero-order valence-corrected chi connectivity index (χ0v) is 18.8. The van der Waals surface area contributed by atoms with Gasteiger partial charge in [0, 0.05) is 31.8 Å². The van der Waals surface area contributed by atoms with Crippen molar-refractivity contribution >= 4 is 17.7 Å². The first kappa shape index (κ1) is 24.0. The standard InChI is InChI=1S/C23H23F3N8O/c1-28-22(27)33-19-8-5-14(11-32-19)21(35)34(13-16-7-6-15(12-31-16)23(24,25)26)18-4-2-3-17-20(18)30-10-9-29-17/h5-12,18H,2-4,13H2,1H3,(H3,27,28,32,33). The van der Waals surface area contributed by atoms with Crippen LogP contribution in [0, 0.1) is 0 Å². The lowest BCUT2D eigenvalue weighted by molar-refractivity contribution is -0.137. The molecule has 1 aliphatic rings. The number of amides is 1. The van der Waals surface area contributed by atoms with Gasteiger partial charge in [-0.3, -0.25) is 24.7 Å². The van der Waals surface area contributed by atoms with Gasteiger partial charge in [0.15, 0.2) is 5.96 Å². The molecule has 1 unspecified atom stereocenters. The van der Waals surface area contributed by atoms with Crippen LogP contribution in [0.3, 0.4) is 0 Å². The number of carbonyl (C=O) groups is 1. The van der Waals surface area contributed by atoms with Crippen LogP contribution >= 0.6 is 0 Å². The zero-order valence-electron chi connectivity index (χ0n) is 18.8. The molecule has 12 heteroatoms. The lowest BCUT2D eigenvalue weighted by atomic mass is 9.93. The maximum Gasteiger partial charge on any atom is 0.417 e. The molecule has 0 saturated heterocycles. The Labute approximate surface area is 199 Å². The van der Waals surface area contributed by atoms with Crippen LogP contribution in [0.4, 0.5) is 19.0 Å². The minimum Gasteiger partial charge on any atom is -0.370 e. The van der Waals surface area contributed by atoms with Crippen molar-refractivity contribution in [3.63, 3.8) is 0 Å². The summed E-state index contributed by atoms with van der Waals surface area (Å²) < 4.78 is 38.9. The van der Waals surface area contributed by atoms with Crippen molar-refractivity contribution in [1.82, 2.24) is 24.8 Å². The quantitative estimate of drug-likeness (QED) is 0.421. The van der Waals surface area contributed by atoms with Gasteiger partial charge in [0.1, 0.15) is 5.82 Å². The number of halogens is 3. The Morgan fingerprint density at radius 3 is 2.60 bits per heavy atom. The molecule has 3 aromatic rings. The number of pyridine rings is 2. The Hall–Kier alpha value is -4.09. The molecule has 0 spiro atoms. The first-order valence-electron chi connectivity index (χ1n) is 10.8. The van der Waals surface area contributed by atoms with Crippen LogP contribution in [0.5, 0.6) is 0 Å². The van der Waals surface area contributed by atoms with Gasteiger partial charge >= 0.3 is 6.18 Å². The highest BCUT2D eigenvalue weighted by molar-refractivity contribution is 5.95. The second-order valence-electron chi connectivity index (χ2n) is 7.93. The van der Waals surface area contributed by atoms with Crippen LogP contribution in [0.2, 0.25) is 0 Å². The Kier molecular flexibility index (Phi) is 6.90. The molecule has 0 fully saturated rings. The van der Waals surface area contributed by atoms with E-state index in [2.05, 4.69) is 30.2 Å². The average Bonchev–Trinajstić information content (AvgIpc) is 2.87. The van der Waals surface area contributed by atoms with Crippen molar-refractivity contribution < 1.29 is 18.0 Å². The van der Waals surface area contributed by atoms with E-state index in [4.69, 9.17) is 5.73 Å². The molecule has 3 heterocycles. The van der Waals surface area contributed by atoms with Crippen molar-refractivity contribution in [2.75, 3.05) is 12.4 Å². The number of fused-ring (bicyclic) bond motifs is 1. The highest BCUT2D eigenvalue weighted by Crippen LogP contribution is 2.34. The van der Waals surface area contributed by atoms with Gasteiger partial charge in [-0.15, -0.1) is 0 Å². The van der Waals surface area contributed by atoms with Crippen molar-refractivity contribution in [1.29, 1.82) is 0 Å². The van der Waals surface area contributed by atoms with Gasteiger partial charge in [-0.2, -0.15) is 13.2 Å². The molecular weight excluding hydrogens is 461 g/mol. The van der Waals surface area contributed by atoms with E-state index in [-0.39, 0.29) is 18.4 Å². The predicted octanol–water partition coefficient (Wildman–Crippen LogP) is 3.36. The SMILES string of the molecule is CN=C(N)Nc1ccc(C(=O)N(Cc2ccc(C(F)(F)F)cn2)C2CCCc3nccnc32)cn1. The summed E-state index contributed by atoms with van der Waals surface area (Å²) in [6, 6.07) is 5.01. The van der Waals surface area contributed by atoms with Crippen LogP contribution in [0.15, 0.2) is 54.0 Å². The molecule has 3 aromatic heterocycles. The van der Waals surface area contributed by atoms with Crippen molar-refractivity contribution in [3.8, 4) is 0 Å².